The zero-order valence-electron chi connectivity index (χ0n) is 15.1. The molecule has 0 aromatic heterocycles. The molecule has 0 saturated carbocycles. The number of carbonyl (C=O) groups is 1. The Labute approximate surface area is 158 Å². The van der Waals surface area contributed by atoms with Gasteiger partial charge in [0, 0.05) is 18.3 Å². The van der Waals surface area contributed by atoms with E-state index in [4.69, 9.17) is 9.47 Å². The van der Waals surface area contributed by atoms with E-state index in [1.54, 1.807) is 18.2 Å². The fourth-order valence-corrected chi connectivity index (χ4v) is 4.55. The molecule has 2 aromatic rings. The standard InChI is InChI=1S/C19H22N2O5S/c1-25-18-13-16(20-19(22)26-14-15-7-3-2-4-8-15)9-10-17(18)21-11-5-6-12-27(21,23)24/h2-4,7-10,13H,5-6,11-12,14H2,1H3,(H,20,22). The Morgan fingerprint density at radius 3 is 2.63 bits per heavy atom. The molecule has 1 heterocycles. The smallest absolute Gasteiger partial charge is 0.411 e. The van der Waals surface area contributed by atoms with Crippen molar-refractivity contribution in [1.82, 2.24) is 0 Å². The van der Waals surface area contributed by atoms with Crippen LogP contribution in [0.2, 0.25) is 0 Å². The monoisotopic (exact) mass is 390 g/mol. The Morgan fingerprint density at radius 1 is 1.15 bits per heavy atom. The Morgan fingerprint density at radius 2 is 1.93 bits per heavy atom. The largest absolute Gasteiger partial charge is 0.494 e. The minimum absolute atomic E-state index is 0.127. The van der Waals surface area contributed by atoms with Crippen molar-refractivity contribution < 1.29 is 22.7 Å². The third-order valence-corrected chi connectivity index (χ3v) is 6.11. The van der Waals surface area contributed by atoms with E-state index in [2.05, 4.69) is 5.32 Å². The van der Waals surface area contributed by atoms with Gasteiger partial charge in [0.15, 0.2) is 0 Å². The first-order chi connectivity index (χ1) is 13.0. The van der Waals surface area contributed by atoms with Gasteiger partial charge in [-0.2, -0.15) is 0 Å². The number of carbonyl (C=O) groups excluding carboxylic acids is 1. The number of nitrogens with one attached hydrogen (secondary N) is 1. The summed E-state index contributed by atoms with van der Waals surface area (Å²) in [5, 5.41) is 2.63. The van der Waals surface area contributed by atoms with Gasteiger partial charge in [-0.15, -0.1) is 0 Å². The number of nitrogens with zero attached hydrogens (tertiary/aromatic N) is 1. The number of sulfonamides is 1. The quantitative estimate of drug-likeness (QED) is 0.846. The molecule has 2 aromatic carbocycles. The van der Waals surface area contributed by atoms with Crippen LogP contribution in [-0.4, -0.2) is 33.9 Å². The van der Waals surface area contributed by atoms with Gasteiger partial charge in [0.2, 0.25) is 10.0 Å². The normalized spacial score (nSPS) is 15.8. The maximum absolute atomic E-state index is 12.3. The fourth-order valence-electron chi connectivity index (χ4n) is 2.90. The Hall–Kier alpha value is -2.74. The van der Waals surface area contributed by atoms with Crippen LogP contribution in [-0.2, 0) is 21.4 Å². The van der Waals surface area contributed by atoms with E-state index >= 15 is 0 Å². The molecule has 0 atom stereocenters. The second kappa shape index (κ2) is 8.30. The van der Waals surface area contributed by atoms with Crippen LogP contribution in [0.1, 0.15) is 18.4 Å². The molecule has 27 heavy (non-hydrogen) atoms. The van der Waals surface area contributed by atoms with Crippen LogP contribution in [0, 0.1) is 0 Å². The van der Waals surface area contributed by atoms with Gasteiger partial charge in [-0.25, -0.2) is 13.2 Å². The third kappa shape index (κ3) is 4.71. The second-order valence-corrected chi connectivity index (χ2v) is 8.18. The van der Waals surface area contributed by atoms with Crippen molar-refractivity contribution >= 4 is 27.5 Å². The summed E-state index contributed by atoms with van der Waals surface area (Å²) in [5.74, 6) is 0.503. The highest BCUT2D eigenvalue weighted by atomic mass is 32.2. The van der Waals surface area contributed by atoms with Crippen LogP contribution < -0.4 is 14.4 Å². The molecule has 1 N–H and O–H groups in total. The van der Waals surface area contributed by atoms with Crippen molar-refractivity contribution in [2.24, 2.45) is 0 Å². The van der Waals surface area contributed by atoms with E-state index in [0.29, 0.717) is 30.1 Å². The molecule has 144 valence electrons. The first-order valence-electron chi connectivity index (χ1n) is 8.66. The molecule has 0 radical (unpaired) electrons. The number of anilines is 2. The third-order valence-electron chi connectivity index (χ3n) is 4.26. The first-order valence-corrected chi connectivity index (χ1v) is 10.3. The molecular formula is C19H22N2O5S. The van der Waals surface area contributed by atoms with Crippen molar-refractivity contribution in [3.05, 3.63) is 54.1 Å². The molecule has 0 unspecified atom stereocenters. The topological polar surface area (TPSA) is 84.9 Å². The van der Waals surface area contributed by atoms with Crippen LogP contribution in [0.15, 0.2) is 48.5 Å². The van der Waals surface area contributed by atoms with Crippen molar-refractivity contribution in [1.29, 1.82) is 0 Å². The number of methoxy groups -OCH3 is 1. The van der Waals surface area contributed by atoms with Crippen LogP contribution in [0.25, 0.3) is 0 Å². The molecule has 3 rings (SSSR count). The Kier molecular flexibility index (Phi) is 5.85. The number of amides is 1. The van der Waals surface area contributed by atoms with Gasteiger partial charge in [-0.05, 0) is 30.5 Å². The number of ether oxygens (including phenoxy) is 2. The average molecular weight is 390 g/mol. The van der Waals surface area contributed by atoms with E-state index in [-0.39, 0.29) is 12.4 Å². The number of rotatable bonds is 5. The summed E-state index contributed by atoms with van der Waals surface area (Å²) in [5.41, 5.74) is 1.82. The Balaban J connectivity index is 1.69. The first kappa shape index (κ1) is 19.0. The van der Waals surface area contributed by atoms with Crippen molar-refractivity contribution in [2.45, 2.75) is 19.4 Å². The zero-order valence-corrected chi connectivity index (χ0v) is 15.9. The summed E-state index contributed by atoms with van der Waals surface area (Å²) in [6, 6.07) is 14.2. The van der Waals surface area contributed by atoms with E-state index in [1.165, 1.54) is 11.4 Å². The van der Waals surface area contributed by atoms with Gasteiger partial charge in [-0.3, -0.25) is 9.62 Å². The summed E-state index contributed by atoms with van der Waals surface area (Å²) in [7, 11) is -1.88. The lowest BCUT2D eigenvalue weighted by Gasteiger charge is -2.29. The van der Waals surface area contributed by atoms with Crippen molar-refractivity contribution in [2.75, 3.05) is 29.0 Å². The summed E-state index contributed by atoms with van der Waals surface area (Å²) in [6.07, 6.45) is 0.863. The van der Waals surface area contributed by atoms with Gasteiger partial charge in [0.05, 0.1) is 18.6 Å². The summed E-state index contributed by atoms with van der Waals surface area (Å²) in [6.45, 7) is 0.582. The number of hydrogen-bond donors (Lipinski definition) is 1. The highest BCUT2D eigenvalue weighted by Gasteiger charge is 2.28. The minimum Gasteiger partial charge on any atom is -0.494 e. The van der Waals surface area contributed by atoms with Gasteiger partial charge >= 0.3 is 6.09 Å². The van der Waals surface area contributed by atoms with E-state index in [1.807, 2.05) is 30.3 Å². The SMILES string of the molecule is COc1cc(NC(=O)OCc2ccccc2)ccc1N1CCCCS1(=O)=O. The van der Waals surface area contributed by atoms with Crippen LogP contribution in [0.5, 0.6) is 5.75 Å². The van der Waals surface area contributed by atoms with Crippen molar-refractivity contribution in [3.63, 3.8) is 0 Å². The summed E-state index contributed by atoms with van der Waals surface area (Å²) in [4.78, 5) is 12.0. The van der Waals surface area contributed by atoms with Crippen LogP contribution in [0.3, 0.4) is 0 Å². The molecule has 1 aliphatic heterocycles. The average Bonchev–Trinajstić information content (AvgIpc) is 2.67. The maximum atomic E-state index is 12.3. The van der Waals surface area contributed by atoms with E-state index < -0.39 is 16.1 Å². The molecule has 0 bridgehead atoms. The van der Waals surface area contributed by atoms with Crippen molar-refractivity contribution in [3.8, 4) is 5.75 Å². The molecule has 1 fully saturated rings. The maximum Gasteiger partial charge on any atom is 0.411 e. The molecular weight excluding hydrogens is 368 g/mol. The lowest BCUT2D eigenvalue weighted by atomic mass is 10.2. The second-order valence-electron chi connectivity index (χ2n) is 6.17. The number of benzene rings is 2. The lowest BCUT2D eigenvalue weighted by molar-refractivity contribution is 0.155. The molecule has 0 aliphatic carbocycles. The number of hydrogen-bond acceptors (Lipinski definition) is 5. The van der Waals surface area contributed by atoms with Gasteiger partial charge in [0.1, 0.15) is 12.4 Å². The minimum atomic E-state index is -3.34. The van der Waals surface area contributed by atoms with Crippen LogP contribution >= 0.6 is 0 Å². The van der Waals surface area contributed by atoms with E-state index in [9.17, 15) is 13.2 Å². The van der Waals surface area contributed by atoms with Gasteiger partial charge < -0.3 is 9.47 Å². The highest BCUT2D eigenvalue weighted by Crippen LogP contribution is 2.34. The van der Waals surface area contributed by atoms with Crippen LogP contribution in [0.4, 0.5) is 16.2 Å². The summed E-state index contributed by atoms with van der Waals surface area (Å²) >= 11 is 0. The van der Waals surface area contributed by atoms with Gasteiger partial charge in [0.25, 0.3) is 0 Å². The molecule has 8 heteroatoms. The summed E-state index contributed by atoms with van der Waals surface area (Å²) < 4.78 is 36.5. The van der Waals surface area contributed by atoms with Gasteiger partial charge in [-0.1, -0.05) is 30.3 Å². The highest BCUT2D eigenvalue weighted by molar-refractivity contribution is 7.92. The van der Waals surface area contributed by atoms with E-state index in [0.717, 1.165) is 12.0 Å². The molecule has 0 spiro atoms. The molecule has 1 saturated heterocycles. The molecule has 1 aliphatic rings. The lowest BCUT2D eigenvalue weighted by Crippen LogP contribution is -2.38. The fraction of sp³-hybridized carbons (Fsp3) is 0.316. The molecule has 1 amide bonds. The predicted molar refractivity (Wildman–Crippen MR) is 104 cm³/mol. The molecule has 7 nitrogen and oxygen atoms in total. The predicted octanol–water partition coefficient (Wildman–Crippen LogP) is 3.37. The zero-order chi connectivity index (χ0) is 19.3. The Bertz CT molecular complexity index is 900.